The highest BCUT2D eigenvalue weighted by atomic mass is 19.1. The molecule has 2 aromatic carbocycles. The van der Waals surface area contributed by atoms with Crippen LogP contribution in [0.4, 0.5) is 10.1 Å². The van der Waals surface area contributed by atoms with E-state index in [2.05, 4.69) is 10.2 Å². The minimum Gasteiger partial charge on any atom is -0.494 e. The van der Waals surface area contributed by atoms with Crippen molar-refractivity contribution in [2.24, 2.45) is 0 Å². The van der Waals surface area contributed by atoms with Gasteiger partial charge >= 0.3 is 0 Å². The Hall–Kier alpha value is -2.48. The number of benzene rings is 2. The molecule has 2 saturated heterocycles. The number of nitrogens with zero attached hydrogens (tertiary/aromatic N) is 1. The lowest BCUT2D eigenvalue weighted by molar-refractivity contribution is -0.125. The Morgan fingerprint density at radius 3 is 2.31 bits per heavy atom. The molecule has 0 radical (unpaired) electrons. The number of anilines is 1. The Kier molecular flexibility index (Phi) is 7.73. The third-order valence-corrected chi connectivity index (χ3v) is 6.28. The maximum Gasteiger partial charge on any atom is 0.235 e. The highest BCUT2D eigenvalue weighted by Crippen LogP contribution is 2.36. The van der Waals surface area contributed by atoms with Crippen LogP contribution in [0.25, 0.3) is 0 Å². The lowest BCUT2D eigenvalue weighted by Crippen LogP contribution is -2.44. The first kappa shape index (κ1) is 22.7. The molecule has 1 N–H and O–H groups in total. The predicted octanol–water partition coefficient (Wildman–Crippen LogP) is 3.61. The van der Waals surface area contributed by atoms with Gasteiger partial charge < -0.3 is 19.5 Å². The van der Waals surface area contributed by atoms with Gasteiger partial charge in [0.15, 0.2) is 0 Å². The number of rotatable bonds is 8. The van der Waals surface area contributed by atoms with Crippen molar-refractivity contribution >= 4 is 11.6 Å². The van der Waals surface area contributed by atoms with Crippen molar-refractivity contribution in [3.8, 4) is 5.75 Å². The number of nitrogens with one attached hydrogen (secondary N) is 1. The standard InChI is InChI=1S/C25H31FN2O4/c26-21-4-2-20(3-5-21)25(10-16-30-17-11-25)24(29)27-22-6-8-23(9-7-22)32-15-1-12-28-13-18-31-19-14-28/h2-9H,1,10-19H2,(H,27,29). The first-order valence-electron chi connectivity index (χ1n) is 11.3. The fourth-order valence-corrected chi connectivity index (χ4v) is 4.32. The summed E-state index contributed by atoms with van der Waals surface area (Å²) >= 11 is 0. The summed E-state index contributed by atoms with van der Waals surface area (Å²) < 4.78 is 30.1. The zero-order valence-corrected chi connectivity index (χ0v) is 18.4. The summed E-state index contributed by atoms with van der Waals surface area (Å²) in [6, 6.07) is 13.7. The molecule has 2 heterocycles. The molecule has 6 nitrogen and oxygen atoms in total. The van der Waals surface area contributed by atoms with E-state index in [-0.39, 0.29) is 11.7 Å². The van der Waals surface area contributed by atoms with Gasteiger partial charge in [-0.25, -0.2) is 4.39 Å². The van der Waals surface area contributed by atoms with Gasteiger partial charge in [-0.05, 0) is 61.2 Å². The van der Waals surface area contributed by atoms with Gasteiger partial charge in [0.25, 0.3) is 0 Å². The molecular formula is C25H31FN2O4. The van der Waals surface area contributed by atoms with Crippen molar-refractivity contribution in [3.63, 3.8) is 0 Å². The van der Waals surface area contributed by atoms with Crippen molar-refractivity contribution in [3.05, 3.63) is 59.9 Å². The van der Waals surface area contributed by atoms with Gasteiger partial charge in [-0.1, -0.05) is 12.1 Å². The highest BCUT2D eigenvalue weighted by molar-refractivity contribution is 5.99. The number of hydrogen-bond donors (Lipinski definition) is 1. The second-order valence-electron chi connectivity index (χ2n) is 8.34. The SMILES string of the molecule is O=C(Nc1ccc(OCCCN2CCOCC2)cc1)C1(c2ccc(F)cc2)CCOCC1. The molecule has 0 aliphatic carbocycles. The highest BCUT2D eigenvalue weighted by Gasteiger charge is 2.41. The van der Waals surface area contributed by atoms with Crippen LogP contribution in [0.2, 0.25) is 0 Å². The summed E-state index contributed by atoms with van der Waals surface area (Å²) in [4.78, 5) is 15.7. The monoisotopic (exact) mass is 442 g/mol. The Bertz CT molecular complexity index is 861. The fraction of sp³-hybridized carbons (Fsp3) is 0.480. The zero-order chi connectivity index (χ0) is 22.2. The van der Waals surface area contributed by atoms with Gasteiger partial charge in [-0.15, -0.1) is 0 Å². The number of hydrogen-bond acceptors (Lipinski definition) is 5. The molecule has 0 spiro atoms. The van der Waals surface area contributed by atoms with Crippen molar-refractivity contribution < 1.29 is 23.4 Å². The number of halogens is 1. The Balaban J connectivity index is 1.32. The number of amides is 1. The second-order valence-corrected chi connectivity index (χ2v) is 8.34. The lowest BCUT2D eigenvalue weighted by atomic mass is 9.73. The van der Waals surface area contributed by atoms with Crippen LogP contribution in [0.5, 0.6) is 5.75 Å². The fourth-order valence-electron chi connectivity index (χ4n) is 4.32. The second kappa shape index (κ2) is 10.9. The van der Waals surface area contributed by atoms with E-state index in [0.29, 0.717) is 38.3 Å². The minimum atomic E-state index is -0.722. The summed E-state index contributed by atoms with van der Waals surface area (Å²) in [6.45, 7) is 6.25. The largest absolute Gasteiger partial charge is 0.494 e. The minimum absolute atomic E-state index is 0.0911. The van der Waals surface area contributed by atoms with E-state index in [1.165, 1.54) is 12.1 Å². The van der Waals surface area contributed by atoms with Crippen LogP contribution in [-0.2, 0) is 19.7 Å². The lowest BCUT2D eigenvalue weighted by Gasteiger charge is -2.36. The maximum absolute atomic E-state index is 13.4. The zero-order valence-electron chi connectivity index (χ0n) is 18.4. The molecule has 1 amide bonds. The first-order valence-corrected chi connectivity index (χ1v) is 11.3. The quantitative estimate of drug-likeness (QED) is 0.633. The van der Waals surface area contributed by atoms with Crippen molar-refractivity contribution in [1.82, 2.24) is 4.90 Å². The normalized spacial score (nSPS) is 18.8. The van der Waals surface area contributed by atoms with Crippen LogP contribution in [-0.4, -0.2) is 63.5 Å². The summed E-state index contributed by atoms with van der Waals surface area (Å²) in [5, 5.41) is 3.04. The molecule has 4 rings (SSSR count). The summed E-state index contributed by atoms with van der Waals surface area (Å²) in [6.07, 6.45) is 2.09. The summed E-state index contributed by atoms with van der Waals surface area (Å²) in [7, 11) is 0. The molecule has 0 unspecified atom stereocenters. The molecule has 7 heteroatoms. The van der Waals surface area contributed by atoms with E-state index >= 15 is 0 Å². The first-order chi connectivity index (χ1) is 15.7. The van der Waals surface area contributed by atoms with Gasteiger partial charge in [0.2, 0.25) is 5.91 Å². The van der Waals surface area contributed by atoms with Gasteiger partial charge in [0.05, 0.1) is 25.2 Å². The van der Waals surface area contributed by atoms with E-state index in [0.717, 1.165) is 50.6 Å². The van der Waals surface area contributed by atoms with Crippen molar-refractivity contribution in [1.29, 1.82) is 0 Å². The van der Waals surface area contributed by atoms with Gasteiger partial charge in [-0.2, -0.15) is 0 Å². The van der Waals surface area contributed by atoms with Crippen LogP contribution in [0.15, 0.2) is 48.5 Å². The van der Waals surface area contributed by atoms with Crippen molar-refractivity contribution in [2.45, 2.75) is 24.7 Å². The van der Waals surface area contributed by atoms with Crippen LogP contribution in [0.1, 0.15) is 24.8 Å². The Morgan fingerprint density at radius 1 is 0.969 bits per heavy atom. The molecule has 2 aliphatic heterocycles. The third kappa shape index (κ3) is 5.65. The number of carbonyl (C=O) groups is 1. The average molecular weight is 443 g/mol. The maximum atomic E-state index is 13.4. The summed E-state index contributed by atoms with van der Waals surface area (Å²) in [5.74, 6) is 0.382. The molecule has 0 bridgehead atoms. The van der Waals surface area contributed by atoms with Gasteiger partial charge in [0, 0.05) is 38.5 Å². The van der Waals surface area contributed by atoms with E-state index in [1.807, 2.05) is 24.3 Å². The number of morpholine rings is 1. The number of carbonyl (C=O) groups excluding carboxylic acids is 1. The molecule has 2 fully saturated rings. The van der Waals surface area contributed by atoms with Crippen LogP contribution >= 0.6 is 0 Å². The molecule has 2 aliphatic rings. The Morgan fingerprint density at radius 2 is 1.62 bits per heavy atom. The molecular weight excluding hydrogens is 411 g/mol. The molecule has 2 aromatic rings. The topological polar surface area (TPSA) is 60.0 Å². The summed E-state index contributed by atoms with van der Waals surface area (Å²) in [5.41, 5.74) is 0.809. The van der Waals surface area contributed by atoms with E-state index in [9.17, 15) is 9.18 Å². The predicted molar refractivity (Wildman–Crippen MR) is 121 cm³/mol. The molecule has 32 heavy (non-hydrogen) atoms. The van der Waals surface area contributed by atoms with Gasteiger partial charge in [-0.3, -0.25) is 9.69 Å². The van der Waals surface area contributed by atoms with E-state index < -0.39 is 5.41 Å². The van der Waals surface area contributed by atoms with Crippen LogP contribution in [0, 0.1) is 5.82 Å². The van der Waals surface area contributed by atoms with Gasteiger partial charge in [0.1, 0.15) is 11.6 Å². The third-order valence-electron chi connectivity index (χ3n) is 6.28. The van der Waals surface area contributed by atoms with Crippen molar-refractivity contribution in [2.75, 3.05) is 58.0 Å². The number of ether oxygens (including phenoxy) is 3. The van der Waals surface area contributed by atoms with E-state index in [1.54, 1.807) is 12.1 Å². The molecule has 0 aromatic heterocycles. The Labute approximate surface area is 188 Å². The molecule has 0 saturated carbocycles. The molecule has 0 atom stereocenters. The van der Waals surface area contributed by atoms with E-state index in [4.69, 9.17) is 14.2 Å². The average Bonchev–Trinajstić information content (AvgIpc) is 2.84. The van der Waals surface area contributed by atoms with Crippen LogP contribution < -0.4 is 10.1 Å². The smallest absolute Gasteiger partial charge is 0.235 e. The van der Waals surface area contributed by atoms with Crippen LogP contribution in [0.3, 0.4) is 0 Å². The molecule has 172 valence electrons.